The predicted molar refractivity (Wildman–Crippen MR) is 133 cm³/mol. The number of hydrogen-bond donors (Lipinski definition) is 1. The zero-order valence-corrected chi connectivity index (χ0v) is 20.6. The fourth-order valence-corrected chi connectivity index (χ4v) is 4.80. The molecule has 1 N–H and O–H groups in total. The van der Waals surface area contributed by atoms with Gasteiger partial charge in [0.05, 0.1) is 17.3 Å². The lowest BCUT2D eigenvalue weighted by atomic mass is 9.96. The van der Waals surface area contributed by atoms with E-state index in [4.69, 9.17) is 11.6 Å². The third kappa shape index (κ3) is 4.10. The molecular formula is C26H29ClN4O3. The van der Waals surface area contributed by atoms with Gasteiger partial charge >= 0.3 is 0 Å². The topological polar surface area (TPSA) is 78.2 Å². The molecule has 2 aromatic heterocycles. The molecule has 178 valence electrons. The molecule has 3 heterocycles. The van der Waals surface area contributed by atoms with Crippen molar-refractivity contribution in [3.63, 3.8) is 0 Å². The lowest BCUT2D eigenvalue weighted by molar-refractivity contribution is -0.140. The first-order valence-electron chi connectivity index (χ1n) is 11.5. The summed E-state index contributed by atoms with van der Waals surface area (Å²) in [5.74, 6) is -1.61. The van der Waals surface area contributed by atoms with E-state index in [0.29, 0.717) is 40.7 Å². The van der Waals surface area contributed by atoms with Crippen molar-refractivity contribution >= 4 is 34.7 Å². The molecule has 7 nitrogen and oxygen atoms in total. The minimum absolute atomic E-state index is 0.0379. The molecule has 1 aliphatic rings. The number of aliphatic hydroxyl groups excluding tert-OH is 1. The van der Waals surface area contributed by atoms with Gasteiger partial charge in [0.15, 0.2) is 5.76 Å². The lowest BCUT2D eigenvalue weighted by Gasteiger charge is -2.28. The molecule has 4 rings (SSSR count). The summed E-state index contributed by atoms with van der Waals surface area (Å²) in [6.07, 6.45) is 1.86. The summed E-state index contributed by atoms with van der Waals surface area (Å²) >= 11 is 6.27. The minimum Gasteiger partial charge on any atom is -0.505 e. The molecule has 1 aliphatic heterocycles. The van der Waals surface area contributed by atoms with E-state index in [1.54, 1.807) is 18.2 Å². The van der Waals surface area contributed by atoms with Gasteiger partial charge in [0.25, 0.3) is 11.7 Å². The maximum atomic E-state index is 13.3. The Kier molecular flexibility index (Phi) is 6.77. The van der Waals surface area contributed by atoms with Gasteiger partial charge in [0.1, 0.15) is 11.3 Å². The molecule has 1 fully saturated rings. The number of aromatic nitrogens is 2. The third-order valence-electron chi connectivity index (χ3n) is 6.56. The molecule has 1 unspecified atom stereocenters. The predicted octanol–water partition coefficient (Wildman–Crippen LogP) is 4.37. The molecule has 3 aromatic rings. The van der Waals surface area contributed by atoms with Gasteiger partial charge in [-0.25, -0.2) is 4.98 Å². The van der Waals surface area contributed by atoms with Crippen molar-refractivity contribution in [3.05, 3.63) is 75.7 Å². The molecule has 0 aliphatic carbocycles. The van der Waals surface area contributed by atoms with Gasteiger partial charge in [-0.1, -0.05) is 43.6 Å². The van der Waals surface area contributed by atoms with Crippen molar-refractivity contribution in [2.75, 3.05) is 26.2 Å². The molecule has 0 radical (unpaired) electrons. The second kappa shape index (κ2) is 9.60. The Bertz CT molecular complexity index is 1290. The highest BCUT2D eigenvalue weighted by atomic mass is 35.5. The standard InChI is InChI=1S/C26H29ClN4O3/c1-5-29(6-2)13-14-31-22(18-10-7-11-19(27)15-18)20(24(33)26(31)34)23(32)21-17(4)30-12-8-9-16(3)25(30)28-21/h7-12,15,22,32H,5-6,13-14H2,1-4H3. The van der Waals surface area contributed by atoms with Crippen LogP contribution in [-0.2, 0) is 9.59 Å². The van der Waals surface area contributed by atoms with Crippen LogP contribution in [0.4, 0.5) is 0 Å². The van der Waals surface area contributed by atoms with Crippen LogP contribution in [0.3, 0.4) is 0 Å². The summed E-state index contributed by atoms with van der Waals surface area (Å²) in [7, 11) is 0. The molecule has 0 bridgehead atoms. The average Bonchev–Trinajstić information content (AvgIpc) is 3.29. The monoisotopic (exact) mass is 480 g/mol. The fourth-order valence-electron chi connectivity index (χ4n) is 4.60. The molecule has 0 saturated carbocycles. The van der Waals surface area contributed by atoms with Crippen molar-refractivity contribution in [3.8, 4) is 0 Å². The summed E-state index contributed by atoms with van der Waals surface area (Å²) in [5, 5.41) is 11.9. The Morgan fingerprint density at radius 3 is 2.53 bits per heavy atom. The van der Waals surface area contributed by atoms with E-state index in [-0.39, 0.29) is 11.3 Å². The summed E-state index contributed by atoms with van der Waals surface area (Å²) in [6, 6.07) is 10.2. The van der Waals surface area contributed by atoms with Crippen LogP contribution in [0, 0.1) is 13.8 Å². The number of likely N-dealkylation sites (tertiary alicyclic amines) is 1. The summed E-state index contributed by atoms with van der Waals surface area (Å²) in [5.41, 5.74) is 3.33. The zero-order chi connectivity index (χ0) is 24.6. The smallest absolute Gasteiger partial charge is 0.295 e. The highest BCUT2D eigenvalue weighted by molar-refractivity contribution is 6.46. The molecule has 34 heavy (non-hydrogen) atoms. The number of hydrogen-bond acceptors (Lipinski definition) is 5. The summed E-state index contributed by atoms with van der Waals surface area (Å²) in [4.78, 5) is 34.8. The van der Waals surface area contributed by atoms with Crippen LogP contribution in [0.15, 0.2) is 48.2 Å². The summed E-state index contributed by atoms with van der Waals surface area (Å²) < 4.78 is 1.87. The number of likely N-dealkylation sites (N-methyl/N-ethyl adjacent to an activating group) is 1. The van der Waals surface area contributed by atoms with Crippen molar-refractivity contribution in [2.24, 2.45) is 0 Å². The molecule has 1 saturated heterocycles. The lowest BCUT2D eigenvalue weighted by Crippen LogP contribution is -2.38. The number of benzene rings is 1. The van der Waals surface area contributed by atoms with E-state index >= 15 is 0 Å². The Morgan fingerprint density at radius 2 is 1.88 bits per heavy atom. The van der Waals surface area contributed by atoms with E-state index < -0.39 is 17.7 Å². The van der Waals surface area contributed by atoms with Crippen LogP contribution in [0.1, 0.15) is 42.4 Å². The second-order valence-corrected chi connectivity index (χ2v) is 8.94. The average molecular weight is 481 g/mol. The maximum Gasteiger partial charge on any atom is 0.295 e. The first kappa shape index (κ1) is 24.0. The highest BCUT2D eigenvalue weighted by Gasteiger charge is 2.46. The van der Waals surface area contributed by atoms with Crippen LogP contribution < -0.4 is 0 Å². The Morgan fingerprint density at radius 1 is 1.15 bits per heavy atom. The number of halogens is 1. The first-order valence-corrected chi connectivity index (χ1v) is 11.9. The van der Waals surface area contributed by atoms with Gasteiger partial charge in [-0.2, -0.15) is 0 Å². The Balaban J connectivity index is 1.88. The molecule has 1 amide bonds. The van der Waals surface area contributed by atoms with Gasteiger partial charge in [-0.15, -0.1) is 0 Å². The number of rotatable bonds is 7. The first-order chi connectivity index (χ1) is 16.3. The molecular weight excluding hydrogens is 452 g/mol. The number of aryl methyl sites for hydroxylation is 2. The minimum atomic E-state index is -0.750. The Hall–Kier alpha value is -3.16. The van der Waals surface area contributed by atoms with Crippen LogP contribution >= 0.6 is 11.6 Å². The van der Waals surface area contributed by atoms with E-state index in [9.17, 15) is 14.7 Å². The van der Waals surface area contributed by atoms with Gasteiger partial charge in [0.2, 0.25) is 0 Å². The quantitative estimate of drug-likeness (QED) is 0.308. The molecule has 1 aromatic carbocycles. The highest BCUT2D eigenvalue weighted by Crippen LogP contribution is 2.40. The number of carbonyl (C=O) groups excluding carboxylic acids is 2. The number of Topliss-reactive ketones (excluding diaryl/α,β-unsaturated/α-hetero) is 1. The second-order valence-electron chi connectivity index (χ2n) is 8.51. The van der Waals surface area contributed by atoms with Crippen LogP contribution in [0.2, 0.25) is 5.02 Å². The van der Waals surface area contributed by atoms with Crippen LogP contribution in [0.25, 0.3) is 11.4 Å². The van der Waals surface area contributed by atoms with E-state index in [0.717, 1.165) is 18.7 Å². The zero-order valence-electron chi connectivity index (χ0n) is 19.9. The number of pyridine rings is 1. The third-order valence-corrected chi connectivity index (χ3v) is 6.80. The van der Waals surface area contributed by atoms with Crippen molar-refractivity contribution < 1.29 is 14.7 Å². The van der Waals surface area contributed by atoms with Crippen molar-refractivity contribution in [1.82, 2.24) is 19.2 Å². The van der Waals surface area contributed by atoms with Crippen molar-refractivity contribution in [2.45, 2.75) is 33.7 Å². The normalized spacial score (nSPS) is 17.9. The van der Waals surface area contributed by atoms with Crippen LogP contribution in [-0.4, -0.2) is 62.2 Å². The van der Waals surface area contributed by atoms with Gasteiger partial charge in [0, 0.05) is 24.3 Å². The number of nitrogens with zero attached hydrogens (tertiary/aromatic N) is 4. The number of fused-ring (bicyclic) bond motifs is 1. The molecule has 8 heteroatoms. The van der Waals surface area contributed by atoms with Crippen LogP contribution in [0.5, 0.6) is 0 Å². The Labute approximate surface area is 204 Å². The largest absolute Gasteiger partial charge is 0.505 e. The SMILES string of the molecule is CCN(CC)CCN1C(=O)C(=O)C(=C(O)c2nc3c(C)cccn3c2C)C1c1cccc(Cl)c1. The van der Waals surface area contributed by atoms with Gasteiger partial charge in [-0.05, 0) is 56.3 Å². The maximum absolute atomic E-state index is 13.3. The van der Waals surface area contributed by atoms with Crippen molar-refractivity contribution in [1.29, 1.82) is 0 Å². The van der Waals surface area contributed by atoms with E-state index in [2.05, 4.69) is 23.7 Å². The number of imidazole rings is 1. The van der Waals surface area contributed by atoms with E-state index in [1.807, 2.05) is 42.6 Å². The van der Waals surface area contributed by atoms with Gasteiger partial charge < -0.3 is 19.3 Å². The van der Waals surface area contributed by atoms with E-state index in [1.165, 1.54) is 4.90 Å². The summed E-state index contributed by atoms with van der Waals surface area (Å²) in [6.45, 7) is 10.5. The number of aliphatic hydroxyl groups is 1. The molecule has 0 spiro atoms. The van der Waals surface area contributed by atoms with Gasteiger partial charge in [-0.3, -0.25) is 9.59 Å². The fraction of sp³-hybridized carbons (Fsp3) is 0.346. The number of ketones is 1. The molecule has 1 atom stereocenters. The number of carbonyl (C=O) groups is 2. The number of amides is 1.